The lowest BCUT2D eigenvalue weighted by Gasteiger charge is -2.22. The van der Waals surface area contributed by atoms with E-state index in [0.717, 1.165) is 6.54 Å². The zero-order valence-corrected chi connectivity index (χ0v) is 11.7. The lowest BCUT2D eigenvalue weighted by Crippen LogP contribution is -2.33. The molecule has 0 saturated carbocycles. The summed E-state index contributed by atoms with van der Waals surface area (Å²) >= 11 is 2.08. The van der Waals surface area contributed by atoms with Gasteiger partial charge in [0.2, 0.25) is 0 Å². The molecule has 0 bridgehead atoms. The van der Waals surface area contributed by atoms with Crippen LogP contribution in [0.15, 0.2) is 30.5 Å². The Morgan fingerprint density at radius 3 is 3.11 bits per heavy atom. The van der Waals surface area contributed by atoms with Crippen molar-refractivity contribution < 1.29 is 0 Å². The fraction of sp³-hybridized carbons (Fsp3) is 0.467. The lowest BCUT2D eigenvalue weighted by molar-refractivity contribution is 0.508. The van der Waals surface area contributed by atoms with Gasteiger partial charge < -0.3 is 9.88 Å². The monoisotopic (exact) mass is 260 g/mol. The molecule has 1 saturated heterocycles. The van der Waals surface area contributed by atoms with Gasteiger partial charge in [0.25, 0.3) is 0 Å². The smallest absolute Gasteiger partial charge is 0.0481 e. The number of hydrogen-bond donors (Lipinski definition) is 1. The van der Waals surface area contributed by atoms with Crippen LogP contribution in [0.25, 0.3) is 10.9 Å². The summed E-state index contributed by atoms with van der Waals surface area (Å²) in [5.74, 6) is 2.61. The molecule has 1 aromatic carbocycles. The number of para-hydroxylation sites is 1. The fourth-order valence-corrected chi connectivity index (χ4v) is 3.83. The molecular formula is C15H20N2S. The maximum absolute atomic E-state index is 3.71. The molecule has 2 nitrogen and oxygen atoms in total. The van der Waals surface area contributed by atoms with E-state index in [1.165, 1.54) is 40.8 Å². The van der Waals surface area contributed by atoms with Crippen molar-refractivity contribution in [3.05, 3.63) is 36.0 Å². The fourth-order valence-electron chi connectivity index (χ4n) is 2.72. The molecule has 96 valence electrons. The molecule has 1 unspecified atom stereocenters. The summed E-state index contributed by atoms with van der Waals surface area (Å²) in [5, 5.41) is 5.09. The second-order valence-corrected chi connectivity index (χ2v) is 6.23. The molecule has 1 aliphatic heterocycles. The zero-order valence-electron chi connectivity index (χ0n) is 10.9. The Morgan fingerprint density at radius 2 is 2.28 bits per heavy atom. The Balaban J connectivity index is 1.74. The summed E-state index contributed by atoms with van der Waals surface area (Å²) in [5.41, 5.74) is 2.75. The molecular weight excluding hydrogens is 240 g/mol. The summed E-state index contributed by atoms with van der Waals surface area (Å²) < 4.78 is 2.22. The summed E-state index contributed by atoms with van der Waals surface area (Å²) in [6, 6.07) is 9.35. The Labute approximate surface area is 113 Å². The van der Waals surface area contributed by atoms with E-state index in [1.54, 1.807) is 0 Å². The maximum Gasteiger partial charge on any atom is 0.0481 e. The van der Waals surface area contributed by atoms with Crippen molar-refractivity contribution in [3.8, 4) is 0 Å². The molecule has 2 heterocycles. The third-order valence-electron chi connectivity index (χ3n) is 3.72. The first-order valence-corrected chi connectivity index (χ1v) is 7.84. The molecule has 0 radical (unpaired) electrons. The van der Waals surface area contributed by atoms with Gasteiger partial charge in [0, 0.05) is 42.5 Å². The molecule has 0 aliphatic carbocycles. The summed E-state index contributed by atoms with van der Waals surface area (Å²) in [6.07, 6.45) is 4.95. The van der Waals surface area contributed by atoms with E-state index in [4.69, 9.17) is 0 Å². The van der Waals surface area contributed by atoms with Crippen molar-refractivity contribution in [1.29, 1.82) is 0 Å². The van der Waals surface area contributed by atoms with Crippen molar-refractivity contribution in [1.82, 2.24) is 9.88 Å². The number of nitrogens with one attached hydrogen (secondary N) is 1. The molecule has 1 aliphatic rings. The highest BCUT2D eigenvalue weighted by Gasteiger charge is 2.14. The van der Waals surface area contributed by atoms with Crippen LogP contribution in [0.5, 0.6) is 0 Å². The Hall–Kier alpha value is -0.930. The van der Waals surface area contributed by atoms with E-state index in [9.17, 15) is 0 Å². The number of aryl methyl sites for hydroxylation is 1. The van der Waals surface area contributed by atoms with Gasteiger partial charge in [0.15, 0.2) is 0 Å². The minimum Gasteiger partial charge on any atom is -0.350 e. The first-order chi connectivity index (χ1) is 8.84. The molecule has 3 heteroatoms. The van der Waals surface area contributed by atoms with Gasteiger partial charge in [0.05, 0.1) is 0 Å². The molecule has 1 N–H and O–H groups in total. The third kappa shape index (κ3) is 2.43. The van der Waals surface area contributed by atoms with Gasteiger partial charge in [0.1, 0.15) is 0 Å². The van der Waals surface area contributed by atoms with Crippen LogP contribution in [0.4, 0.5) is 0 Å². The van der Waals surface area contributed by atoms with Gasteiger partial charge in [-0.1, -0.05) is 18.2 Å². The summed E-state index contributed by atoms with van der Waals surface area (Å²) in [6.45, 7) is 0.993. The minimum atomic E-state index is 0.697. The predicted octanol–water partition coefficient (Wildman–Crippen LogP) is 3.16. The number of nitrogens with zero attached hydrogens (tertiary/aromatic N) is 1. The molecule has 0 spiro atoms. The van der Waals surface area contributed by atoms with Crippen LogP contribution < -0.4 is 5.32 Å². The Kier molecular flexibility index (Phi) is 3.62. The lowest BCUT2D eigenvalue weighted by atomic mass is 10.1. The van der Waals surface area contributed by atoms with Crippen LogP contribution in [-0.2, 0) is 13.6 Å². The second kappa shape index (κ2) is 5.37. The van der Waals surface area contributed by atoms with Gasteiger partial charge in [-0.2, -0.15) is 11.8 Å². The van der Waals surface area contributed by atoms with Crippen molar-refractivity contribution in [2.24, 2.45) is 7.05 Å². The van der Waals surface area contributed by atoms with Gasteiger partial charge in [-0.25, -0.2) is 0 Å². The van der Waals surface area contributed by atoms with Crippen LogP contribution in [0.3, 0.4) is 0 Å². The van der Waals surface area contributed by atoms with Crippen LogP contribution in [0.2, 0.25) is 0 Å². The SMILES string of the molecule is Cn1cc(CNC2CCCSC2)c2ccccc21. The molecule has 18 heavy (non-hydrogen) atoms. The standard InChI is InChI=1S/C15H20N2S/c1-17-10-12(14-6-2-3-7-15(14)17)9-16-13-5-4-8-18-11-13/h2-3,6-7,10,13,16H,4-5,8-9,11H2,1H3. The molecule has 0 amide bonds. The van der Waals surface area contributed by atoms with E-state index >= 15 is 0 Å². The average Bonchev–Trinajstić information content (AvgIpc) is 2.75. The third-order valence-corrected chi connectivity index (χ3v) is 4.94. The molecule has 1 fully saturated rings. The molecule has 2 aromatic rings. The summed E-state index contributed by atoms with van der Waals surface area (Å²) in [7, 11) is 2.13. The number of hydrogen-bond acceptors (Lipinski definition) is 2. The number of benzene rings is 1. The Morgan fingerprint density at radius 1 is 1.39 bits per heavy atom. The van der Waals surface area contributed by atoms with Gasteiger partial charge in [-0.3, -0.25) is 0 Å². The van der Waals surface area contributed by atoms with Crippen LogP contribution in [0.1, 0.15) is 18.4 Å². The number of rotatable bonds is 3. The molecule has 1 atom stereocenters. The number of thioether (sulfide) groups is 1. The summed E-state index contributed by atoms with van der Waals surface area (Å²) in [4.78, 5) is 0. The highest BCUT2D eigenvalue weighted by molar-refractivity contribution is 7.99. The Bertz CT molecular complexity index is 526. The van der Waals surface area contributed by atoms with Crippen LogP contribution in [-0.4, -0.2) is 22.1 Å². The normalized spacial score (nSPS) is 20.4. The molecule has 1 aromatic heterocycles. The van der Waals surface area contributed by atoms with Crippen molar-refractivity contribution in [2.45, 2.75) is 25.4 Å². The quantitative estimate of drug-likeness (QED) is 0.913. The van der Waals surface area contributed by atoms with E-state index in [-0.39, 0.29) is 0 Å². The van der Waals surface area contributed by atoms with E-state index in [2.05, 4.69) is 59.2 Å². The van der Waals surface area contributed by atoms with Crippen molar-refractivity contribution >= 4 is 22.7 Å². The van der Waals surface area contributed by atoms with E-state index in [1.807, 2.05) is 0 Å². The number of aromatic nitrogens is 1. The van der Waals surface area contributed by atoms with Gasteiger partial charge in [-0.15, -0.1) is 0 Å². The second-order valence-electron chi connectivity index (χ2n) is 5.08. The van der Waals surface area contributed by atoms with Crippen LogP contribution in [0, 0.1) is 0 Å². The topological polar surface area (TPSA) is 17.0 Å². The average molecular weight is 260 g/mol. The minimum absolute atomic E-state index is 0.697. The highest BCUT2D eigenvalue weighted by atomic mass is 32.2. The number of fused-ring (bicyclic) bond motifs is 1. The van der Waals surface area contributed by atoms with E-state index in [0.29, 0.717) is 6.04 Å². The molecule has 3 rings (SSSR count). The van der Waals surface area contributed by atoms with Crippen molar-refractivity contribution in [3.63, 3.8) is 0 Å². The van der Waals surface area contributed by atoms with Gasteiger partial charge in [-0.05, 0) is 30.2 Å². The zero-order chi connectivity index (χ0) is 12.4. The predicted molar refractivity (Wildman–Crippen MR) is 80.1 cm³/mol. The van der Waals surface area contributed by atoms with Crippen LogP contribution >= 0.6 is 11.8 Å². The first-order valence-electron chi connectivity index (χ1n) is 6.68. The van der Waals surface area contributed by atoms with Crippen molar-refractivity contribution in [2.75, 3.05) is 11.5 Å². The first kappa shape index (κ1) is 12.1. The maximum atomic E-state index is 3.71. The van der Waals surface area contributed by atoms with Gasteiger partial charge >= 0.3 is 0 Å². The van der Waals surface area contributed by atoms with E-state index < -0.39 is 0 Å². The highest BCUT2D eigenvalue weighted by Crippen LogP contribution is 2.21. The largest absolute Gasteiger partial charge is 0.350 e.